The third-order valence-electron chi connectivity index (χ3n) is 3.31. The number of hydrogen-bond acceptors (Lipinski definition) is 3. The zero-order valence-electron chi connectivity index (χ0n) is 10.7. The van der Waals surface area contributed by atoms with Crippen molar-refractivity contribution in [2.45, 2.75) is 0 Å². The first-order valence-electron chi connectivity index (χ1n) is 6.34. The van der Waals surface area contributed by atoms with Crippen molar-refractivity contribution in [3.05, 3.63) is 64.3 Å². The number of nitrogens with zero attached hydrogens (tertiary/aromatic N) is 3. The molecule has 0 spiro atoms. The van der Waals surface area contributed by atoms with Crippen LogP contribution in [0.15, 0.2) is 53.6 Å². The molecular formula is C15H9ClN4O. The average molecular weight is 297 g/mol. The number of hydrogen-bond donors (Lipinski definition) is 1. The van der Waals surface area contributed by atoms with Crippen LogP contribution in [0.5, 0.6) is 0 Å². The molecule has 0 radical (unpaired) electrons. The van der Waals surface area contributed by atoms with Crippen molar-refractivity contribution in [1.29, 1.82) is 0 Å². The lowest BCUT2D eigenvalue weighted by molar-refractivity contribution is 1.03. The maximum Gasteiger partial charge on any atom is 0.331 e. The Bertz CT molecular complexity index is 1030. The van der Waals surface area contributed by atoms with Crippen molar-refractivity contribution < 1.29 is 0 Å². The summed E-state index contributed by atoms with van der Waals surface area (Å²) in [6.07, 6.45) is 3.36. The molecule has 0 bridgehead atoms. The van der Waals surface area contributed by atoms with Crippen LogP contribution in [0, 0.1) is 0 Å². The van der Waals surface area contributed by atoms with Gasteiger partial charge in [-0.15, -0.1) is 0 Å². The van der Waals surface area contributed by atoms with Gasteiger partial charge in [0, 0.05) is 23.0 Å². The van der Waals surface area contributed by atoms with Crippen LogP contribution in [0.25, 0.3) is 27.9 Å². The van der Waals surface area contributed by atoms with E-state index in [-0.39, 0.29) is 5.69 Å². The third-order valence-corrected chi connectivity index (χ3v) is 3.54. The molecule has 0 saturated heterocycles. The number of nitrogens with one attached hydrogen (secondary N) is 1. The minimum absolute atomic E-state index is 0.244. The number of H-pyrrole nitrogens is 1. The van der Waals surface area contributed by atoms with Gasteiger partial charge in [0.05, 0.1) is 11.2 Å². The smallest absolute Gasteiger partial charge is 0.305 e. The summed E-state index contributed by atoms with van der Waals surface area (Å²) in [6, 6.07) is 10.9. The standard InChI is InChI=1S/C15H9ClN4O/c16-10-4-1-3-9(7-10)12-8-20-14(18-12)13-11(19-15(20)21)5-2-6-17-13/h1-8H,(H,19,21). The van der Waals surface area contributed by atoms with Gasteiger partial charge in [0.1, 0.15) is 5.52 Å². The Morgan fingerprint density at radius 1 is 1.19 bits per heavy atom. The third kappa shape index (κ3) is 1.90. The number of aromatic nitrogens is 4. The van der Waals surface area contributed by atoms with E-state index in [1.165, 1.54) is 4.40 Å². The van der Waals surface area contributed by atoms with E-state index in [0.717, 1.165) is 5.56 Å². The van der Waals surface area contributed by atoms with Gasteiger partial charge in [0.15, 0.2) is 5.65 Å². The second-order valence-electron chi connectivity index (χ2n) is 4.66. The zero-order chi connectivity index (χ0) is 14.4. The Morgan fingerprint density at radius 2 is 2.10 bits per heavy atom. The topological polar surface area (TPSA) is 63.0 Å². The minimum Gasteiger partial charge on any atom is -0.305 e. The fourth-order valence-corrected chi connectivity index (χ4v) is 2.54. The number of halogens is 1. The van der Waals surface area contributed by atoms with E-state index in [9.17, 15) is 4.79 Å². The molecule has 0 saturated carbocycles. The van der Waals surface area contributed by atoms with Crippen LogP contribution in [0.1, 0.15) is 0 Å². The Balaban J connectivity index is 2.08. The monoisotopic (exact) mass is 296 g/mol. The van der Waals surface area contributed by atoms with Crippen LogP contribution in [0.3, 0.4) is 0 Å². The van der Waals surface area contributed by atoms with Gasteiger partial charge in [-0.1, -0.05) is 23.7 Å². The van der Waals surface area contributed by atoms with E-state index in [1.54, 1.807) is 30.6 Å². The predicted molar refractivity (Wildman–Crippen MR) is 81.6 cm³/mol. The molecule has 4 aromatic rings. The normalized spacial score (nSPS) is 11.3. The van der Waals surface area contributed by atoms with Gasteiger partial charge in [-0.05, 0) is 24.3 Å². The summed E-state index contributed by atoms with van der Waals surface area (Å²) < 4.78 is 1.46. The molecule has 3 aromatic heterocycles. The highest BCUT2D eigenvalue weighted by atomic mass is 35.5. The molecule has 0 atom stereocenters. The van der Waals surface area contributed by atoms with E-state index >= 15 is 0 Å². The first-order chi connectivity index (χ1) is 10.2. The van der Waals surface area contributed by atoms with Gasteiger partial charge in [-0.3, -0.25) is 4.98 Å². The van der Waals surface area contributed by atoms with Gasteiger partial charge in [0.25, 0.3) is 0 Å². The molecule has 0 aliphatic heterocycles. The molecule has 0 fully saturated rings. The number of rotatable bonds is 1. The molecule has 21 heavy (non-hydrogen) atoms. The maximum atomic E-state index is 12.1. The van der Waals surface area contributed by atoms with Gasteiger partial charge in [-0.25, -0.2) is 14.2 Å². The number of benzene rings is 1. The van der Waals surface area contributed by atoms with Gasteiger partial charge in [0.2, 0.25) is 0 Å². The van der Waals surface area contributed by atoms with E-state index in [0.29, 0.717) is 27.4 Å². The first-order valence-corrected chi connectivity index (χ1v) is 6.72. The fourth-order valence-electron chi connectivity index (χ4n) is 2.35. The molecule has 6 heteroatoms. The Kier molecular flexibility index (Phi) is 2.55. The summed E-state index contributed by atoms with van der Waals surface area (Å²) in [5.74, 6) is 0. The van der Waals surface area contributed by atoms with Gasteiger partial charge < -0.3 is 4.98 Å². The average Bonchev–Trinajstić information content (AvgIpc) is 2.93. The molecule has 102 valence electrons. The summed E-state index contributed by atoms with van der Waals surface area (Å²) in [7, 11) is 0. The van der Waals surface area contributed by atoms with E-state index < -0.39 is 0 Å². The lowest BCUT2D eigenvalue weighted by atomic mass is 10.2. The number of pyridine rings is 1. The molecule has 5 nitrogen and oxygen atoms in total. The van der Waals surface area contributed by atoms with Crippen molar-refractivity contribution in [2.24, 2.45) is 0 Å². The van der Waals surface area contributed by atoms with Crippen molar-refractivity contribution in [1.82, 2.24) is 19.4 Å². The molecule has 1 N–H and O–H groups in total. The molecule has 1 aromatic carbocycles. The largest absolute Gasteiger partial charge is 0.331 e. The summed E-state index contributed by atoms with van der Waals surface area (Å²) >= 11 is 6.00. The van der Waals surface area contributed by atoms with Crippen LogP contribution < -0.4 is 5.69 Å². The van der Waals surface area contributed by atoms with Crippen LogP contribution in [-0.2, 0) is 0 Å². The molecule has 0 aliphatic rings. The summed E-state index contributed by atoms with van der Waals surface area (Å²) in [5, 5.41) is 0.626. The zero-order valence-corrected chi connectivity index (χ0v) is 11.5. The lowest BCUT2D eigenvalue weighted by Crippen LogP contribution is -2.15. The van der Waals surface area contributed by atoms with E-state index in [1.807, 2.05) is 18.2 Å². The lowest BCUT2D eigenvalue weighted by Gasteiger charge is -1.97. The second kappa shape index (κ2) is 4.43. The highest BCUT2D eigenvalue weighted by molar-refractivity contribution is 6.30. The SMILES string of the molecule is O=c1[nH]c2cccnc2c2nc(-c3cccc(Cl)c3)cn12. The summed E-state index contributed by atoms with van der Waals surface area (Å²) in [5.41, 5.74) is 3.15. The molecule has 3 heterocycles. The van der Waals surface area contributed by atoms with Crippen LogP contribution in [-0.4, -0.2) is 19.4 Å². The highest BCUT2D eigenvalue weighted by Crippen LogP contribution is 2.23. The second-order valence-corrected chi connectivity index (χ2v) is 5.10. The highest BCUT2D eigenvalue weighted by Gasteiger charge is 2.11. The van der Waals surface area contributed by atoms with Crippen molar-refractivity contribution in [2.75, 3.05) is 0 Å². The minimum atomic E-state index is -0.244. The maximum absolute atomic E-state index is 12.1. The van der Waals surface area contributed by atoms with Crippen molar-refractivity contribution in [3.8, 4) is 11.3 Å². The van der Waals surface area contributed by atoms with Crippen LogP contribution in [0.4, 0.5) is 0 Å². The van der Waals surface area contributed by atoms with Gasteiger partial charge in [-0.2, -0.15) is 0 Å². The summed E-state index contributed by atoms with van der Waals surface area (Å²) in [4.78, 5) is 23.7. The summed E-state index contributed by atoms with van der Waals surface area (Å²) in [6.45, 7) is 0. The fraction of sp³-hybridized carbons (Fsp3) is 0. The quantitative estimate of drug-likeness (QED) is 0.587. The van der Waals surface area contributed by atoms with Crippen molar-refractivity contribution in [3.63, 3.8) is 0 Å². The first kappa shape index (κ1) is 12.1. The Morgan fingerprint density at radius 3 is 2.95 bits per heavy atom. The number of fused-ring (bicyclic) bond motifs is 3. The molecular weight excluding hydrogens is 288 g/mol. The Labute approximate surface area is 123 Å². The van der Waals surface area contributed by atoms with Crippen LogP contribution in [0.2, 0.25) is 5.02 Å². The van der Waals surface area contributed by atoms with Crippen LogP contribution >= 0.6 is 11.6 Å². The van der Waals surface area contributed by atoms with Gasteiger partial charge >= 0.3 is 5.69 Å². The molecule has 0 amide bonds. The Hall–Kier alpha value is -2.66. The number of aromatic amines is 1. The molecule has 0 aliphatic carbocycles. The van der Waals surface area contributed by atoms with E-state index in [4.69, 9.17) is 11.6 Å². The van der Waals surface area contributed by atoms with E-state index in [2.05, 4.69) is 15.0 Å². The number of imidazole rings is 1. The molecule has 4 rings (SSSR count). The molecule has 0 unspecified atom stereocenters. The van der Waals surface area contributed by atoms with Crippen molar-refractivity contribution >= 4 is 28.3 Å². The predicted octanol–water partition coefficient (Wildman–Crippen LogP) is 2.89.